The molecule has 1 aliphatic rings. The van der Waals surface area contributed by atoms with Crippen LogP contribution in [0.1, 0.15) is 34.2 Å². The summed E-state index contributed by atoms with van der Waals surface area (Å²) in [5.41, 5.74) is 2.38. The Morgan fingerprint density at radius 1 is 1.45 bits per heavy atom. The summed E-state index contributed by atoms with van der Waals surface area (Å²) in [5, 5.41) is 13.6. The molecule has 2 aromatic heterocycles. The number of aliphatic hydroxyl groups excluding tert-OH is 1. The van der Waals surface area contributed by atoms with Crippen molar-refractivity contribution in [3.05, 3.63) is 41.7 Å². The fraction of sp³-hybridized carbons (Fsp3) is 0.467. The van der Waals surface area contributed by atoms with Gasteiger partial charge in [-0.05, 0) is 12.5 Å². The summed E-state index contributed by atoms with van der Waals surface area (Å²) < 4.78 is 1.80. The molecule has 0 aliphatic carbocycles. The summed E-state index contributed by atoms with van der Waals surface area (Å²) in [7, 11) is 1.88. The number of aryl methyl sites for hydroxylation is 1. The Hall–Kier alpha value is -2.28. The number of aliphatic hydroxyl groups is 1. The van der Waals surface area contributed by atoms with Crippen molar-refractivity contribution in [3.8, 4) is 0 Å². The number of aromatic nitrogens is 4. The van der Waals surface area contributed by atoms with Crippen molar-refractivity contribution in [1.82, 2.24) is 24.6 Å². The Morgan fingerprint density at radius 2 is 2.32 bits per heavy atom. The van der Waals surface area contributed by atoms with E-state index < -0.39 is 0 Å². The van der Waals surface area contributed by atoms with Crippen LogP contribution in [0.2, 0.25) is 0 Å². The average molecular weight is 301 g/mol. The summed E-state index contributed by atoms with van der Waals surface area (Å²) in [6.07, 6.45) is 6.07. The van der Waals surface area contributed by atoms with Gasteiger partial charge >= 0.3 is 0 Å². The van der Waals surface area contributed by atoms with Crippen LogP contribution in [-0.2, 0) is 13.5 Å². The first-order valence-corrected chi connectivity index (χ1v) is 7.38. The van der Waals surface area contributed by atoms with E-state index in [0.29, 0.717) is 25.2 Å². The van der Waals surface area contributed by atoms with Crippen LogP contribution in [0.5, 0.6) is 0 Å². The highest BCUT2D eigenvalue weighted by molar-refractivity contribution is 5.92. The highest BCUT2D eigenvalue weighted by Crippen LogP contribution is 2.27. The zero-order chi connectivity index (χ0) is 15.5. The normalized spacial score (nSPS) is 17.9. The molecule has 7 heteroatoms. The summed E-state index contributed by atoms with van der Waals surface area (Å²) in [6, 6.07) is 2.02. The van der Waals surface area contributed by atoms with Gasteiger partial charge in [-0.2, -0.15) is 5.10 Å². The van der Waals surface area contributed by atoms with Gasteiger partial charge in [-0.15, -0.1) is 0 Å². The zero-order valence-electron chi connectivity index (χ0n) is 12.5. The van der Waals surface area contributed by atoms with Crippen molar-refractivity contribution in [2.24, 2.45) is 7.05 Å². The molecule has 0 radical (unpaired) electrons. The van der Waals surface area contributed by atoms with Gasteiger partial charge in [0.05, 0.1) is 11.9 Å². The molecule has 7 nitrogen and oxygen atoms in total. The molecule has 1 atom stereocenters. The van der Waals surface area contributed by atoms with Gasteiger partial charge in [-0.25, -0.2) is 4.98 Å². The lowest BCUT2D eigenvalue weighted by Gasteiger charge is -2.15. The van der Waals surface area contributed by atoms with Gasteiger partial charge in [0.25, 0.3) is 5.91 Å². The minimum Gasteiger partial charge on any atom is -0.396 e. The van der Waals surface area contributed by atoms with Crippen LogP contribution in [0.3, 0.4) is 0 Å². The lowest BCUT2D eigenvalue weighted by atomic mass is 10.0. The molecule has 0 spiro atoms. The van der Waals surface area contributed by atoms with Crippen molar-refractivity contribution >= 4 is 5.91 Å². The quantitative estimate of drug-likeness (QED) is 0.882. The van der Waals surface area contributed by atoms with Gasteiger partial charge in [-0.3, -0.25) is 14.5 Å². The second-order valence-corrected chi connectivity index (χ2v) is 5.49. The van der Waals surface area contributed by atoms with Gasteiger partial charge in [-0.1, -0.05) is 0 Å². The van der Waals surface area contributed by atoms with Crippen LogP contribution in [0.4, 0.5) is 0 Å². The van der Waals surface area contributed by atoms with E-state index in [1.807, 2.05) is 13.1 Å². The molecule has 0 saturated carbocycles. The van der Waals surface area contributed by atoms with E-state index in [2.05, 4.69) is 15.1 Å². The van der Waals surface area contributed by atoms with Gasteiger partial charge < -0.3 is 10.0 Å². The third-order valence-corrected chi connectivity index (χ3v) is 4.04. The molecule has 1 N–H and O–H groups in total. The van der Waals surface area contributed by atoms with Crippen molar-refractivity contribution < 1.29 is 9.90 Å². The first kappa shape index (κ1) is 14.6. The topological polar surface area (TPSA) is 84.1 Å². The number of hydrogen-bond acceptors (Lipinski definition) is 5. The molecule has 0 aromatic carbocycles. The second kappa shape index (κ2) is 6.23. The lowest BCUT2D eigenvalue weighted by Crippen LogP contribution is -2.29. The molecule has 0 bridgehead atoms. The minimum absolute atomic E-state index is 0.0814. The Bertz CT molecular complexity index is 655. The molecule has 116 valence electrons. The van der Waals surface area contributed by atoms with Gasteiger partial charge in [0.1, 0.15) is 5.69 Å². The highest BCUT2D eigenvalue weighted by atomic mass is 16.3. The fourth-order valence-corrected chi connectivity index (χ4v) is 2.84. The molecule has 3 heterocycles. The highest BCUT2D eigenvalue weighted by Gasteiger charge is 2.30. The first-order chi connectivity index (χ1) is 10.7. The number of hydrogen-bond donors (Lipinski definition) is 1. The number of carbonyl (C=O) groups is 1. The molecule has 3 rings (SSSR count). The van der Waals surface area contributed by atoms with Crippen molar-refractivity contribution in [2.75, 3.05) is 19.7 Å². The van der Waals surface area contributed by atoms with Gasteiger partial charge in [0, 0.05) is 57.2 Å². The summed E-state index contributed by atoms with van der Waals surface area (Å²) >= 11 is 0. The van der Waals surface area contributed by atoms with E-state index in [0.717, 1.165) is 17.8 Å². The van der Waals surface area contributed by atoms with Crippen molar-refractivity contribution in [1.29, 1.82) is 0 Å². The Labute approximate surface area is 128 Å². The van der Waals surface area contributed by atoms with E-state index in [-0.39, 0.29) is 18.4 Å². The SMILES string of the molecule is Cn1nc([C@@H]2CCN(C(=O)c3cnccn3)C2)cc1CCO. The second-order valence-electron chi connectivity index (χ2n) is 5.49. The van der Waals surface area contributed by atoms with Gasteiger partial charge in [0.2, 0.25) is 0 Å². The molecule has 0 unspecified atom stereocenters. The number of rotatable bonds is 4. The standard InChI is InChI=1S/C15H19N5O2/c1-19-12(3-7-21)8-13(18-19)11-2-6-20(10-11)15(22)14-9-16-4-5-17-14/h4-5,8-9,11,21H,2-3,6-7,10H2,1H3/t11-/m1/s1. The van der Waals surface area contributed by atoms with Crippen molar-refractivity contribution in [2.45, 2.75) is 18.8 Å². The number of likely N-dealkylation sites (tertiary alicyclic amines) is 1. The van der Waals surface area contributed by atoms with Crippen LogP contribution in [0.25, 0.3) is 0 Å². The summed E-state index contributed by atoms with van der Waals surface area (Å²) in [4.78, 5) is 22.2. The number of amides is 1. The van der Waals surface area contributed by atoms with Crippen LogP contribution in [-0.4, -0.2) is 55.4 Å². The van der Waals surface area contributed by atoms with E-state index in [4.69, 9.17) is 5.11 Å². The van der Waals surface area contributed by atoms with E-state index in [1.165, 1.54) is 12.4 Å². The maximum atomic E-state index is 12.4. The van der Waals surface area contributed by atoms with Crippen LogP contribution in [0, 0.1) is 0 Å². The summed E-state index contributed by atoms with van der Waals surface area (Å²) in [5.74, 6) is 0.154. The Kier molecular flexibility index (Phi) is 4.15. The predicted molar refractivity (Wildman–Crippen MR) is 79.3 cm³/mol. The molecule has 1 saturated heterocycles. The monoisotopic (exact) mass is 301 g/mol. The molecule has 1 aliphatic heterocycles. The Balaban J connectivity index is 1.70. The molecule has 1 amide bonds. The lowest BCUT2D eigenvalue weighted by molar-refractivity contribution is 0.0784. The third kappa shape index (κ3) is 2.85. The zero-order valence-corrected chi connectivity index (χ0v) is 12.5. The summed E-state index contributed by atoms with van der Waals surface area (Å²) in [6.45, 7) is 1.46. The predicted octanol–water partition coefficient (Wildman–Crippen LogP) is 0.375. The van der Waals surface area contributed by atoms with Crippen LogP contribution in [0.15, 0.2) is 24.7 Å². The average Bonchev–Trinajstić information content (AvgIpc) is 3.15. The fourth-order valence-electron chi connectivity index (χ4n) is 2.84. The smallest absolute Gasteiger partial charge is 0.274 e. The number of nitrogens with zero attached hydrogens (tertiary/aromatic N) is 5. The van der Waals surface area contributed by atoms with E-state index >= 15 is 0 Å². The molecular weight excluding hydrogens is 282 g/mol. The van der Waals surface area contributed by atoms with Crippen LogP contribution >= 0.6 is 0 Å². The third-order valence-electron chi connectivity index (χ3n) is 4.04. The van der Waals surface area contributed by atoms with Crippen LogP contribution < -0.4 is 0 Å². The number of carbonyl (C=O) groups excluding carboxylic acids is 1. The minimum atomic E-state index is -0.0814. The molecule has 2 aromatic rings. The first-order valence-electron chi connectivity index (χ1n) is 7.38. The van der Waals surface area contributed by atoms with Crippen molar-refractivity contribution in [3.63, 3.8) is 0 Å². The maximum Gasteiger partial charge on any atom is 0.274 e. The maximum absolute atomic E-state index is 12.4. The largest absolute Gasteiger partial charge is 0.396 e. The molecular formula is C15H19N5O2. The molecule has 1 fully saturated rings. The van der Waals surface area contributed by atoms with Gasteiger partial charge in [0.15, 0.2) is 0 Å². The van der Waals surface area contributed by atoms with E-state index in [9.17, 15) is 4.79 Å². The van der Waals surface area contributed by atoms with E-state index in [1.54, 1.807) is 15.8 Å². The molecule has 22 heavy (non-hydrogen) atoms. The Morgan fingerprint density at radius 3 is 3.05 bits per heavy atom.